The molecule has 0 amide bonds. The van der Waals surface area contributed by atoms with Gasteiger partial charge in [-0.15, -0.1) is 0 Å². The molecule has 0 spiro atoms. The lowest BCUT2D eigenvalue weighted by molar-refractivity contribution is 0.0976. The molecule has 0 aliphatic carbocycles. The van der Waals surface area contributed by atoms with E-state index in [4.69, 9.17) is 9.47 Å². The van der Waals surface area contributed by atoms with Crippen LogP contribution in [0.5, 0.6) is 11.5 Å². The standard InChI is InChI=1S/C26H28INO3/c1-3-4-17-31-24-15-5-19(6-16-24)25(28-22-11-9-21(27)10-12-22)18-26(29)20-7-13-23(30-2)14-8-20/h5-16,25,28H,3-4,17-18H2,1-2H3/t25-/m0/s1. The predicted octanol–water partition coefficient (Wildman–Crippen LogP) is 6.90. The van der Waals surface area contributed by atoms with E-state index in [1.54, 1.807) is 7.11 Å². The van der Waals surface area contributed by atoms with Gasteiger partial charge in [-0.3, -0.25) is 4.79 Å². The van der Waals surface area contributed by atoms with Gasteiger partial charge in [-0.05, 0) is 95.2 Å². The minimum absolute atomic E-state index is 0.0777. The zero-order valence-corrected chi connectivity index (χ0v) is 20.1. The Kier molecular flexibility index (Phi) is 8.76. The largest absolute Gasteiger partial charge is 0.497 e. The number of hydrogen-bond donors (Lipinski definition) is 1. The maximum Gasteiger partial charge on any atom is 0.165 e. The van der Waals surface area contributed by atoms with Gasteiger partial charge < -0.3 is 14.8 Å². The van der Waals surface area contributed by atoms with Crippen LogP contribution in [0.15, 0.2) is 72.8 Å². The van der Waals surface area contributed by atoms with Crippen LogP contribution in [0.1, 0.15) is 48.1 Å². The summed E-state index contributed by atoms with van der Waals surface area (Å²) in [5.74, 6) is 1.67. The van der Waals surface area contributed by atoms with Gasteiger partial charge >= 0.3 is 0 Å². The van der Waals surface area contributed by atoms with E-state index >= 15 is 0 Å². The number of carbonyl (C=O) groups is 1. The molecule has 3 aromatic rings. The van der Waals surface area contributed by atoms with Gasteiger partial charge in [-0.2, -0.15) is 0 Å². The van der Waals surface area contributed by atoms with Crippen molar-refractivity contribution < 1.29 is 14.3 Å². The SMILES string of the molecule is CCCCOc1ccc([C@H](CC(=O)c2ccc(OC)cc2)Nc2ccc(I)cc2)cc1. The lowest BCUT2D eigenvalue weighted by atomic mass is 9.97. The Labute approximate surface area is 198 Å². The van der Waals surface area contributed by atoms with Crippen molar-refractivity contribution in [1.29, 1.82) is 0 Å². The number of rotatable bonds is 11. The summed E-state index contributed by atoms with van der Waals surface area (Å²) >= 11 is 2.29. The summed E-state index contributed by atoms with van der Waals surface area (Å²) in [6.07, 6.45) is 2.48. The van der Waals surface area contributed by atoms with Crippen molar-refractivity contribution in [3.8, 4) is 11.5 Å². The molecule has 1 atom stereocenters. The fourth-order valence-electron chi connectivity index (χ4n) is 3.21. The molecule has 0 saturated carbocycles. The Morgan fingerprint density at radius 2 is 1.58 bits per heavy atom. The van der Waals surface area contributed by atoms with Crippen molar-refractivity contribution in [2.75, 3.05) is 19.0 Å². The number of hydrogen-bond acceptors (Lipinski definition) is 4. The highest BCUT2D eigenvalue weighted by Gasteiger charge is 2.18. The average molecular weight is 529 g/mol. The Bertz CT molecular complexity index is 953. The minimum atomic E-state index is -0.153. The molecular formula is C26H28INO3. The van der Waals surface area contributed by atoms with Gasteiger partial charge in [0.2, 0.25) is 0 Å². The number of unbranched alkanes of at least 4 members (excludes halogenated alkanes) is 1. The van der Waals surface area contributed by atoms with Gasteiger partial charge in [0, 0.05) is 21.2 Å². The Morgan fingerprint density at radius 3 is 2.19 bits per heavy atom. The van der Waals surface area contributed by atoms with E-state index in [0.29, 0.717) is 12.0 Å². The van der Waals surface area contributed by atoms with Crippen molar-refractivity contribution in [3.63, 3.8) is 0 Å². The van der Waals surface area contributed by atoms with Crippen LogP contribution < -0.4 is 14.8 Å². The monoisotopic (exact) mass is 529 g/mol. The molecule has 5 heteroatoms. The first-order valence-electron chi connectivity index (χ1n) is 10.5. The Morgan fingerprint density at radius 1 is 0.935 bits per heavy atom. The average Bonchev–Trinajstić information content (AvgIpc) is 2.80. The molecule has 0 aliphatic heterocycles. The molecule has 162 valence electrons. The van der Waals surface area contributed by atoms with E-state index in [1.807, 2.05) is 60.7 Å². The molecule has 31 heavy (non-hydrogen) atoms. The summed E-state index contributed by atoms with van der Waals surface area (Å²) in [5.41, 5.74) is 2.70. The lowest BCUT2D eigenvalue weighted by Gasteiger charge is -2.21. The molecule has 3 aromatic carbocycles. The van der Waals surface area contributed by atoms with Gasteiger partial charge in [0.25, 0.3) is 0 Å². The van der Waals surface area contributed by atoms with Crippen LogP contribution in [-0.4, -0.2) is 19.5 Å². The summed E-state index contributed by atoms with van der Waals surface area (Å²) in [7, 11) is 1.62. The molecule has 0 fully saturated rings. The van der Waals surface area contributed by atoms with E-state index in [1.165, 1.54) is 3.57 Å². The number of nitrogens with one attached hydrogen (secondary N) is 1. The maximum atomic E-state index is 13.0. The summed E-state index contributed by atoms with van der Waals surface area (Å²) in [5, 5.41) is 3.53. The molecule has 0 heterocycles. The second-order valence-electron chi connectivity index (χ2n) is 7.33. The fraction of sp³-hybridized carbons (Fsp3) is 0.269. The maximum absolute atomic E-state index is 13.0. The van der Waals surface area contributed by atoms with Gasteiger partial charge in [0.1, 0.15) is 11.5 Å². The molecule has 0 unspecified atom stereocenters. The number of halogens is 1. The topological polar surface area (TPSA) is 47.6 Å². The summed E-state index contributed by atoms with van der Waals surface area (Å²) in [4.78, 5) is 13.0. The van der Waals surface area contributed by atoms with Crippen molar-refractivity contribution >= 4 is 34.1 Å². The van der Waals surface area contributed by atoms with Crippen molar-refractivity contribution in [2.45, 2.75) is 32.2 Å². The summed E-state index contributed by atoms with van der Waals surface area (Å²) in [6.45, 7) is 2.86. The summed E-state index contributed by atoms with van der Waals surface area (Å²) < 4.78 is 12.2. The highest BCUT2D eigenvalue weighted by Crippen LogP contribution is 2.27. The van der Waals surface area contributed by atoms with Crippen LogP contribution in [0.2, 0.25) is 0 Å². The van der Waals surface area contributed by atoms with Crippen molar-refractivity contribution in [3.05, 3.63) is 87.5 Å². The molecule has 0 aliphatic rings. The second-order valence-corrected chi connectivity index (χ2v) is 8.58. The Balaban J connectivity index is 1.78. The normalized spacial score (nSPS) is 11.6. The van der Waals surface area contributed by atoms with Crippen LogP contribution in [0, 0.1) is 3.57 Å². The molecular weight excluding hydrogens is 501 g/mol. The highest BCUT2D eigenvalue weighted by atomic mass is 127. The Hall–Kier alpha value is -2.54. The third kappa shape index (κ3) is 6.99. The molecule has 1 N–H and O–H groups in total. The van der Waals surface area contributed by atoms with Crippen LogP contribution in [0.3, 0.4) is 0 Å². The van der Waals surface area contributed by atoms with E-state index in [-0.39, 0.29) is 11.8 Å². The number of methoxy groups -OCH3 is 1. The van der Waals surface area contributed by atoms with E-state index in [0.717, 1.165) is 42.2 Å². The third-order valence-corrected chi connectivity index (χ3v) is 5.75. The number of benzene rings is 3. The second kappa shape index (κ2) is 11.7. The third-order valence-electron chi connectivity index (χ3n) is 5.04. The van der Waals surface area contributed by atoms with Gasteiger partial charge in [0.15, 0.2) is 5.78 Å². The van der Waals surface area contributed by atoms with Gasteiger partial charge in [0.05, 0.1) is 19.8 Å². The highest BCUT2D eigenvalue weighted by molar-refractivity contribution is 14.1. The van der Waals surface area contributed by atoms with Crippen molar-refractivity contribution in [2.24, 2.45) is 0 Å². The number of anilines is 1. The first kappa shape index (κ1) is 23.1. The van der Waals surface area contributed by atoms with Gasteiger partial charge in [-0.25, -0.2) is 0 Å². The zero-order valence-electron chi connectivity index (χ0n) is 17.9. The smallest absolute Gasteiger partial charge is 0.165 e. The molecule has 0 saturated heterocycles. The number of Topliss-reactive ketones (excluding diaryl/α,β-unsaturated/α-hetero) is 1. The van der Waals surface area contributed by atoms with Gasteiger partial charge in [-0.1, -0.05) is 25.5 Å². The molecule has 0 bridgehead atoms. The number of carbonyl (C=O) groups excluding carboxylic acids is 1. The lowest BCUT2D eigenvalue weighted by Crippen LogP contribution is -2.16. The van der Waals surface area contributed by atoms with Crippen LogP contribution in [0.25, 0.3) is 0 Å². The van der Waals surface area contributed by atoms with E-state index in [2.05, 4.69) is 47.0 Å². The van der Waals surface area contributed by atoms with E-state index < -0.39 is 0 Å². The fourth-order valence-corrected chi connectivity index (χ4v) is 3.57. The minimum Gasteiger partial charge on any atom is -0.497 e. The van der Waals surface area contributed by atoms with Crippen LogP contribution in [0.4, 0.5) is 5.69 Å². The predicted molar refractivity (Wildman–Crippen MR) is 134 cm³/mol. The first-order chi connectivity index (χ1) is 15.1. The van der Waals surface area contributed by atoms with Crippen LogP contribution >= 0.6 is 22.6 Å². The van der Waals surface area contributed by atoms with Crippen LogP contribution in [-0.2, 0) is 0 Å². The number of ether oxygens (including phenoxy) is 2. The molecule has 0 aromatic heterocycles. The van der Waals surface area contributed by atoms with E-state index in [9.17, 15) is 4.79 Å². The molecule has 4 nitrogen and oxygen atoms in total. The van der Waals surface area contributed by atoms with Crippen molar-refractivity contribution in [1.82, 2.24) is 0 Å². The molecule has 0 radical (unpaired) electrons. The first-order valence-corrected chi connectivity index (χ1v) is 11.6. The quantitative estimate of drug-likeness (QED) is 0.167. The molecule has 3 rings (SSSR count). The number of ketones is 1. The summed E-state index contributed by atoms with van der Waals surface area (Å²) in [6, 6.07) is 23.3. The zero-order chi connectivity index (χ0) is 22.1.